The van der Waals surface area contributed by atoms with Gasteiger partial charge in [-0.15, -0.1) is 0 Å². The van der Waals surface area contributed by atoms with Crippen molar-refractivity contribution in [3.63, 3.8) is 0 Å². The Labute approximate surface area is 205 Å². The van der Waals surface area contributed by atoms with E-state index in [1.54, 1.807) is 12.3 Å². The Morgan fingerprint density at radius 2 is 1.97 bits per heavy atom. The van der Waals surface area contributed by atoms with Gasteiger partial charge in [-0.25, -0.2) is 14.4 Å². The second-order valence-electron chi connectivity index (χ2n) is 8.71. The van der Waals surface area contributed by atoms with Gasteiger partial charge >= 0.3 is 0 Å². The second-order valence-corrected chi connectivity index (χ2v) is 10.1. The lowest BCUT2D eigenvalue weighted by atomic mass is 9.63. The maximum absolute atomic E-state index is 15.3. The van der Waals surface area contributed by atoms with Gasteiger partial charge in [0, 0.05) is 27.6 Å². The van der Waals surface area contributed by atoms with Gasteiger partial charge in [0.25, 0.3) is 0 Å². The number of rotatable bonds is 4. The Morgan fingerprint density at radius 3 is 2.71 bits per heavy atom. The zero-order valence-electron chi connectivity index (χ0n) is 18.2. The van der Waals surface area contributed by atoms with E-state index in [9.17, 15) is 10.2 Å². The number of aliphatic hydroxyl groups excluding tert-OH is 1. The van der Waals surface area contributed by atoms with E-state index in [4.69, 9.17) is 23.1 Å². The number of aromatic hydroxyl groups is 1. The minimum atomic E-state index is -1.37. The molecule has 1 aromatic carbocycles. The number of benzene rings is 1. The Hall–Kier alpha value is -2.50. The first-order valence-electron chi connectivity index (χ1n) is 10.9. The summed E-state index contributed by atoms with van der Waals surface area (Å²) in [7, 11) is 0. The Kier molecular flexibility index (Phi) is 5.89. The number of nitrogens with two attached hydrogens (primary N) is 2. The maximum Gasteiger partial charge on any atom is 0.143 e. The van der Waals surface area contributed by atoms with Crippen molar-refractivity contribution in [2.24, 2.45) is 11.1 Å². The lowest BCUT2D eigenvalue weighted by Crippen LogP contribution is -2.56. The van der Waals surface area contributed by atoms with Crippen molar-refractivity contribution in [3.8, 4) is 5.75 Å². The van der Waals surface area contributed by atoms with Gasteiger partial charge in [-0.1, -0.05) is 23.4 Å². The number of fused-ring (bicyclic) bond motifs is 1. The van der Waals surface area contributed by atoms with Gasteiger partial charge in [0.05, 0.1) is 34.8 Å². The Balaban J connectivity index is 1.65. The number of nitrogens with zero attached hydrogens (tertiary/aromatic N) is 3. The predicted molar refractivity (Wildman–Crippen MR) is 127 cm³/mol. The summed E-state index contributed by atoms with van der Waals surface area (Å²) < 4.78 is 15.3. The van der Waals surface area contributed by atoms with Gasteiger partial charge in [0.1, 0.15) is 22.4 Å². The Morgan fingerprint density at radius 1 is 1.21 bits per heavy atom. The minimum absolute atomic E-state index is 0.0113. The minimum Gasteiger partial charge on any atom is -0.508 e. The van der Waals surface area contributed by atoms with Gasteiger partial charge in [0.2, 0.25) is 0 Å². The summed E-state index contributed by atoms with van der Waals surface area (Å²) in [6.07, 6.45) is 4.81. The molecule has 2 aliphatic rings. The monoisotopic (exact) mass is 502 g/mol. The van der Waals surface area contributed by atoms with Crippen LogP contribution in [-0.2, 0) is 18.6 Å². The van der Waals surface area contributed by atoms with Crippen LogP contribution in [0.1, 0.15) is 35.4 Å². The highest BCUT2D eigenvalue weighted by atomic mass is 35.5. The van der Waals surface area contributed by atoms with E-state index >= 15 is 4.39 Å². The zero-order valence-corrected chi connectivity index (χ0v) is 19.8. The van der Waals surface area contributed by atoms with Crippen LogP contribution in [0.5, 0.6) is 5.75 Å². The molecule has 34 heavy (non-hydrogen) atoms. The lowest BCUT2D eigenvalue weighted by Gasteiger charge is -2.46. The van der Waals surface area contributed by atoms with Crippen LogP contribution in [0.15, 0.2) is 40.5 Å². The third kappa shape index (κ3) is 3.44. The van der Waals surface area contributed by atoms with Crippen LogP contribution in [0.2, 0.25) is 5.02 Å². The highest BCUT2D eigenvalue weighted by molar-refractivity contribution is 7.99. The number of hydrogen-bond donors (Lipinski definition) is 5. The molecule has 1 saturated heterocycles. The number of phenols is 1. The number of anilines is 1. The van der Waals surface area contributed by atoms with Gasteiger partial charge in [0.15, 0.2) is 0 Å². The molecule has 178 valence electrons. The lowest BCUT2D eigenvalue weighted by molar-refractivity contribution is 0.112. The standard InChI is InChI=1S/C23H24ClFN6O2S/c24-19-16(3-6-29-21(19)26)34-17-10-30-20(14(11-32)31-17)23(27)18-12(15(33)2-1-13(18)25)9-22(23)4-7-28-8-5-22/h1-3,6,10,28,32-33H,4-5,7-9,11,27H2,(H2,26,29)/t23-/m0/s1. The molecular formula is C23H24ClFN6O2S. The number of nitrogens with one attached hydrogen (secondary N) is 1. The van der Waals surface area contributed by atoms with Crippen molar-refractivity contribution >= 4 is 29.2 Å². The molecule has 3 heterocycles. The summed E-state index contributed by atoms with van der Waals surface area (Å²) >= 11 is 7.49. The predicted octanol–water partition coefficient (Wildman–Crippen LogP) is 2.72. The molecule has 7 N–H and O–H groups in total. The SMILES string of the molecule is Nc1nccc(Sc2cnc([C@@]3(N)c4c(F)ccc(O)c4CC34CCNCC4)c(CO)n2)c1Cl. The van der Waals surface area contributed by atoms with E-state index in [2.05, 4.69) is 20.3 Å². The average molecular weight is 503 g/mol. The molecule has 0 amide bonds. The summed E-state index contributed by atoms with van der Waals surface area (Å²) in [4.78, 5) is 13.8. The van der Waals surface area contributed by atoms with Crippen molar-refractivity contribution in [1.29, 1.82) is 0 Å². The van der Waals surface area contributed by atoms with Crippen molar-refractivity contribution < 1.29 is 14.6 Å². The highest BCUT2D eigenvalue weighted by Gasteiger charge is 2.60. The topological polar surface area (TPSA) is 143 Å². The first kappa shape index (κ1) is 23.3. The van der Waals surface area contributed by atoms with Crippen molar-refractivity contribution in [3.05, 3.63) is 63.9 Å². The number of aromatic nitrogens is 3. The van der Waals surface area contributed by atoms with Gasteiger partial charge in [-0.2, -0.15) is 0 Å². The number of phenolic OH excluding ortho intramolecular Hbond substituents is 1. The first-order valence-corrected chi connectivity index (χ1v) is 12.1. The van der Waals surface area contributed by atoms with E-state index < -0.39 is 23.4 Å². The van der Waals surface area contributed by atoms with E-state index in [-0.39, 0.29) is 22.8 Å². The van der Waals surface area contributed by atoms with Crippen molar-refractivity contribution in [2.75, 3.05) is 18.8 Å². The molecule has 1 aliphatic carbocycles. The van der Waals surface area contributed by atoms with E-state index in [1.165, 1.54) is 30.1 Å². The molecule has 0 unspecified atom stereocenters. The largest absolute Gasteiger partial charge is 0.508 e. The fraction of sp³-hybridized carbons (Fsp3) is 0.348. The normalized spacial score (nSPS) is 21.1. The maximum atomic E-state index is 15.3. The van der Waals surface area contributed by atoms with Crippen LogP contribution >= 0.6 is 23.4 Å². The molecule has 5 rings (SSSR count). The number of aliphatic hydroxyl groups is 1. The third-order valence-electron chi connectivity index (χ3n) is 6.99. The van der Waals surface area contributed by atoms with E-state index in [1.807, 2.05) is 0 Å². The number of nitrogen functional groups attached to an aromatic ring is 1. The molecular weight excluding hydrogens is 479 g/mol. The fourth-order valence-corrected chi connectivity index (χ4v) is 6.37. The van der Waals surface area contributed by atoms with Crippen LogP contribution < -0.4 is 16.8 Å². The molecule has 11 heteroatoms. The van der Waals surface area contributed by atoms with Gasteiger partial charge in [-0.3, -0.25) is 4.98 Å². The van der Waals surface area contributed by atoms with Crippen LogP contribution in [0, 0.1) is 11.2 Å². The molecule has 0 bridgehead atoms. The third-order valence-corrected chi connectivity index (χ3v) is 8.46. The molecule has 1 fully saturated rings. The second kappa shape index (κ2) is 8.62. The van der Waals surface area contributed by atoms with Crippen LogP contribution in [-0.4, -0.2) is 38.3 Å². The summed E-state index contributed by atoms with van der Waals surface area (Å²) in [6, 6.07) is 4.29. The summed E-state index contributed by atoms with van der Waals surface area (Å²) in [5.74, 6) is -0.295. The number of pyridine rings is 1. The van der Waals surface area contributed by atoms with Crippen LogP contribution in [0.3, 0.4) is 0 Å². The zero-order chi connectivity index (χ0) is 24.1. The summed E-state index contributed by atoms with van der Waals surface area (Å²) in [5, 5.41) is 24.9. The van der Waals surface area contributed by atoms with Gasteiger partial charge in [-0.05, 0) is 50.6 Å². The summed E-state index contributed by atoms with van der Waals surface area (Å²) in [6.45, 7) is 0.964. The summed E-state index contributed by atoms with van der Waals surface area (Å²) in [5.41, 5.74) is 12.3. The first-order chi connectivity index (χ1) is 16.3. The smallest absolute Gasteiger partial charge is 0.143 e. The molecule has 8 nitrogen and oxygen atoms in total. The van der Waals surface area contributed by atoms with Crippen molar-refractivity contribution in [2.45, 2.75) is 41.3 Å². The molecule has 0 radical (unpaired) electrons. The average Bonchev–Trinajstić information content (AvgIpc) is 3.09. The molecule has 3 aromatic rings. The van der Waals surface area contributed by atoms with Crippen LogP contribution in [0.4, 0.5) is 10.2 Å². The number of piperidine rings is 1. The molecule has 1 aliphatic heterocycles. The van der Waals surface area contributed by atoms with Crippen LogP contribution in [0.25, 0.3) is 0 Å². The van der Waals surface area contributed by atoms with Crippen molar-refractivity contribution in [1.82, 2.24) is 20.3 Å². The molecule has 2 aromatic heterocycles. The number of halogens is 2. The highest BCUT2D eigenvalue weighted by Crippen LogP contribution is 2.59. The molecule has 1 atom stereocenters. The van der Waals surface area contributed by atoms with Gasteiger partial charge < -0.3 is 27.0 Å². The number of hydrogen-bond acceptors (Lipinski definition) is 9. The van der Waals surface area contributed by atoms with E-state index in [0.29, 0.717) is 58.6 Å². The Bertz CT molecular complexity index is 1270. The fourth-order valence-electron chi connectivity index (χ4n) is 5.33. The quantitative estimate of drug-likeness (QED) is 0.363. The molecule has 1 spiro atoms. The van der Waals surface area contributed by atoms with E-state index in [0.717, 1.165) is 0 Å². The molecule has 0 saturated carbocycles.